The van der Waals surface area contributed by atoms with Gasteiger partial charge in [-0.05, 0) is 37.5 Å². The van der Waals surface area contributed by atoms with Gasteiger partial charge >= 0.3 is 0 Å². The number of aryl methyl sites for hydroxylation is 1. The SMILES string of the molecule is Cc1ccc([C@H]2CN(C(=O)C(C)(C)N)[C@H](C(=O)NC(c3ccccc3)c3ccccc3)[C@@H]2O)cc1. The number of hydrogen-bond donors (Lipinski definition) is 3. The van der Waals surface area contributed by atoms with Crippen molar-refractivity contribution >= 4 is 11.8 Å². The standard InChI is InChI=1S/C29H33N3O3/c1-19-14-16-20(17-15-19)23-18-32(28(35)29(2,3)30)25(26(23)33)27(34)31-24(21-10-6-4-7-11-21)22-12-8-5-9-13-22/h4-17,23-26,33H,18,30H2,1-3H3,(H,31,34)/t23-,25+,26-/m1/s1. The number of likely N-dealkylation sites (tertiary alicyclic amines) is 1. The lowest BCUT2D eigenvalue weighted by molar-refractivity contribution is -0.143. The van der Waals surface area contributed by atoms with E-state index in [0.717, 1.165) is 22.3 Å². The van der Waals surface area contributed by atoms with Crippen LogP contribution in [0.15, 0.2) is 84.9 Å². The summed E-state index contributed by atoms with van der Waals surface area (Å²) in [6.07, 6.45) is -1.07. The first kappa shape index (κ1) is 24.6. The van der Waals surface area contributed by atoms with Gasteiger partial charge in [0.15, 0.2) is 0 Å². The summed E-state index contributed by atoms with van der Waals surface area (Å²) >= 11 is 0. The topological polar surface area (TPSA) is 95.7 Å². The smallest absolute Gasteiger partial charge is 0.246 e. The Kier molecular flexibility index (Phi) is 7.05. The minimum atomic E-state index is -1.18. The number of amides is 2. The summed E-state index contributed by atoms with van der Waals surface area (Å²) in [4.78, 5) is 28.5. The average molecular weight is 472 g/mol. The molecule has 6 heteroatoms. The summed E-state index contributed by atoms with van der Waals surface area (Å²) in [7, 11) is 0. The Labute approximate surface area is 206 Å². The van der Waals surface area contributed by atoms with Crippen LogP contribution in [0.25, 0.3) is 0 Å². The molecule has 1 aliphatic heterocycles. The zero-order chi connectivity index (χ0) is 25.2. The third kappa shape index (κ3) is 5.29. The highest BCUT2D eigenvalue weighted by atomic mass is 16.3. The number of rotatable bonds is 6. The van der Waals surface area contributed by atoms with Crippen LogP contribution in [0.2, 0.25) is 0 Å². The van der Waals surface area contributed by atoms with Crippen molar-refractivity contribution in [3.8, 4) is 0 Å². The molecule has 6 nitrogen and oxygen atoms in total. The number of hydrogen-bond acceptors (Lipinski definition) is 4. The molecule has 1 saturated heterocycles. The third-order valence-corrected chi connectivity index (χ3v) is 6.60. The number of carbonyl (C=O) groups is 2. The van der Waals surface area contributed by atoms with E-state index in [0.29, 0.717) is 0 Å². The van der Waals surface area contributed by atoms with Crippen molar-refractivity contribution in [2.75, 3.05) is 6.54 Å². The highest BCUT2D eigenvalue weighted by Crippen LogP contribution is 2.34. The molecule has 0 spiro atoms. The normalized spacial score (nSPS) is 20.2. The molecule has 0 aromatic heterocycles. The van der Waals surface area contributed by atoms with Crippen molar-refractivity contribution in [2.45, 2.75) is 50.4 Å². The zero-order valence-electron chi connectivity index (χ0n) is 20.4. The van der Waals surface area contributed by atoms with E-state index in [1.165, 1.54) is 4.90 Å². The summed E-state index contributed by atoms with van der Waals surface area (Å²) in [5.41, 5.74) is 8.77. The first-order valence-electron chi connectivity index (χ1n) is 11.9. The van der Waals surface area contributed by atoms with Gasteiger partial charge in [-0.15, -0.1) is 0 Å². The number of nitrogens with one attached hydrogen (secondary N) is 1. The lowest BCUT2D eigenvalue weighted by Gasteiger charge is -2.32. The van der Waals surface area contributed by atoms with Gasteiger partial charge in [-0.3, -0.25) is 9.59 Å². The Morgan fingerprint density at radius 3 is 1.94 bits per heavy atom. The molecule has 3 aromatic carbocycles. The number of carbonyl (C=O) groups excluding carboxylic acids is 2. The van der Waals surface area contributed by atoms with Crippen molar-refractivity contribution in [1.82, 2.24) is 10.2 Å². The second-order valence-electron chi connectivity index (χ2n) is 9.89. The van der Waals surface area contributed by atoms with Crippen molar-refractivity contribution in [2.24, 2.45) is 5.73 Å². The van der Waals surface area contributed by atoms with Gasteiger partial charge in [0.25, 0.3) is 0 Å². The minimum Gasteiger partial charge on any atom is -0.390 e. The summed E-state index contributed by atoms with van der Waals surface area (Å²) in [6.45, 7) is 5.44. The van der Waals surface area contributed by atoms with Crippen LogP contribution in [0, 0.1) is 6.92 Å². The second-order valence-corrected chi connectivity index (χ2v) is 9.89. The Hall–Kier alpha value is -3.48. The Bertz CT molecular complexity index is 1120. The van der Waals surface area contributed by atoms with E-state index >= 15 is 0 Å². The molecule has 0 saturated carbocycles. The van der Waals surface area contributed by atoms with Gasteiger partial charge in [0, 0.05) is 12.5 Å². The molecule has 2 amide bonds. The fraction of sp³-hybridized carbons (Fsp3) is 0.310. The Morgan fingerprint density at radius 1 is 0.943 bits per heavy atom. The van der Waals surface area contributed by atoms with Crippen LogP contribution in [-0.2, 0) is 9.59 Å². The van der Waals surface area contributed by atoms with E-state index < -0.39 is 35.6 Å². The molecule has 0 bridgehead atoms. The van der Waals surface area contributed by atoms with Crippen LogP contribution >= 0.6 is 0 Å². The van der Waals surface area contributed by atoms with Crippen LogP contribution < -0.4 is 11.1 Å². The Balaban J connectivity index is 1.68. The van der Waals surface area contributed by atoms with Crippen molar-refractivity contribution in [1.29, 1.82) is 0 Å². The summed E-state index contributed by atoms with van der Waals surface area (Å²) in [5.74, 6) is -1.19. The molecular weight excluding hydrogens is 438 g/mol. The third-order valence-electron chi connectivity index (χ3n) is 6.60. The number of aliphatic hydroxyl groups excluding tert-OH is 1. The lowest BCUT2D eigenvalue weighted by atomic mass is 9.92. The van der Waals surface area contributed by atoms with Crippen LogP contribution in [-0.4, -0.2) is 46.1 Å². The van der Waals surface area contributed by atoms with E-state index in [1.807, 2.05) is 91.9 Å². The van der Waals surface area contributed by atoms with E-state index in [1.54, 1.807) is 13.8 Å². The minimum absolute atomic E-state index is 0.211. The van der Waals surface area contributed by atoms with Gasteiger partial charge in [0.2, 0.25) is 11.8 Å². The van der Waals surface area contributed by atoms with Gasteiger partial charge in [0.1, 0.15) is 6.04 Å². The maximum Gasteiger partial charge on any atom is 0.246 e. The summed E-state index contributed by atoms with van der Waals surface area (Å²) in [5, 5.41) is 14.5. The maximum absolute atomic E-state index is 13.8. The van der Waals surface area contributed by atoms with E-state index in [9.17, 15) is 14.7 Å². The first-order chi connectivity index (χ1) is 16.7. The second kappa shape index (κ2) is 10.0. The predicted molar refractivity (Wildman–Crippen MR) is 137 cm³/mol. The molecule has 0 unspecified atom stereocenters. The molecule has 3 atom stereocenters. The molecule has 1 heterocycles. The van der Waals surface area contributed by atoms with E-state index in [2.05, 4.69) is 5.32 Å². The van der Waals surface area contributed by atoms with Gasteiger partial charge in [0.05, 0.1) is 17.7 Å². The highest BCUT2D eigenvalue weighted by molar-refractivity contribution is 5.93. The quantitative estimate of drug-likeness (QED) is 0.514. The van der Waals surface area contributed by atoms with Crippen LogP contribution in [0.4, 0.5) is 0 Å². The van der Waals surface area contributed by atoms with Gasteiger partial charge in [-0.1, -0.05) is 90.5 Å². The molecular formula is C29H33N3O3. The predicted octanol–water partition coefficient (Wildman–Crippen LogP) is 3.29. The molecule has 1 aliphatic rings. The largest absolute Gasteiger partial charge is 0.390 e. The number of nitrogens with two attached hydrogens (primary N) is 1. The van der Waals surface area contributed by atoms with Crippen LogP contribution in [0.1, 0.15) is 48.1 Å². The molecule has 4 N–H and O–H groups in total. The highest BCUT2D eigenvalue weighted by Gasteiger charge is 2.50. The molecule has 0 aliphatic carbocycles. The van der Waals surface area contributed by atoms with E-state index in [4.69, 9.17) is 5.73 Å². The molecule has 3 aromatic rings. The van der Waals surface area contributed by atoms with Crippen LogP contribution in [0.5, 0.6) is 0 Å². The van der Waals surface area contributed by atoms with Crippen molar-refractivity contribution < 1.29 is 14.7 Å². The average Bonchev–Trinajstić information content (AvgIpc) is 3.19. The number of benzene rings is 3. The Morgan fingerprint density at radius 2 is 1.46 bits per heavy atom. The van der Waals surface area contributed by atoms with Crippen molar-refractivity contribution in [3.05, 3.63) is 107 Å². The van der Waals surface area contributed by atoms with Crippen LogP contribution in [0.3, 0.4) is 0 Å². The van der Waals surface area contributed by atoms with Crippen molar-refractivity contribution in [3.63, 3.8) is 0 Å². The number of nitrogens with zero attached hydrogens (tertiary/aromatic N) is 1. The molecule has 0 radical (unpaired) electrons. The van der Waals surface area contributed by atoms with E-state index in [-0.39, 0.29) is 12.5 Å². The molecule has 182 valence electrons. The van der Waals surface area contributed by atoms with Gasteiger partial charge < -0.3 is 21.1 Å². The summed E-state index contributed by atoms with van der Waals surface area (Å²) < 4.78 is 0. The molecule has 1 fully saturated rings. The first-order valence-corrected chi connectivity index (χ1v) is 11.9. The van der Waals surface area contributed by atoms with Gasteiger partial charge in [-0.2, -0.15) is 0 Å². The van der Waals surface area contributed by atoms with Gasteiger partial charge in [-0.25, -0.2) is 0 Å². The molecule has 35 heavy (non-hydrogen) atoms. The number of aliphatic hydroxyl groups is 1. The molecule has 4 rings (SSSR count). The fourth-order valence-corrected chi connectivity index (χ4v) is 4.71. The maximum atomic E-state index is 13.8. The summed E-state index contributed by atoms with van der Waals surface area (Å²) in [6, 6.07) is 25.6. The monoisotopic (exact) mass is 471 g/mol. The lowest BCUT2D eigenvalue weighted by Crippen LogP contribution is -2.57. The zero-order valence-corrected chi connectivity index (χ0v) is 20.4. The fourth-order valence-electron chi connectivity index (χ4n) is 4.71.